The van der Waals surface area contributed by atoms with Crippen LogP contribution in [0.1, 0.15) is 17.7 Å². The van der Waals surface area contributed by atoms with E-state index in [0.717, 1.165) is 32.5 Å². The monoisotopic (exact) mass is 667 g/mol. The third-order valence-corrected chi connectivity index (χ3v) is 7.11. The lowest BCUT2D eigenvalue weighted by Crippen LogP contribution is -2.43. The molecule has 0 radical (unpaired) electrons. The molecule has 0 unspecified atom stereocenters. The zero-order valence-electron chi connectivity index (χ0n) is 25.4. The van der Waals surface area contributed by atoms with Gasteiger partial charge in [-0.2, -0.15) is 15.0 Å². The van der Waals surface area contributed by atoms with E-state index in [2.05, 4.69) is 79.3 Å². The van der Waals surface area contributed by atoms with Gasteiger partial charge in [-0.15, -0.1) is 24.5 Å². The average molecular weight is 668 g/mol. The highest BCUT2D eigenvalue weighted by Crippen LogP contribution is 2.26. The Morgan fingerprint density at radius 3 is 1.74 bits per heavy atom. The number of carbonyl (C=O) groups is 4. The molecule has 250 valence electrons. The molecule has 1 aliphatic heterocycles. The van der Waals surface area contributed by atoms with Gasteiger partial charge in [0.1, 0.15) is 0 Å². The Kier molecular flexibility index (Phi) is 16.3. The smallest absolute Gasteiger partial charge is 0.328 e. The molecule has 3 aromatic rings. The highest BCUT2D eigenvalue weighted by atomic mass is 32.1. The van der Waals surface area contributed by atoms with Crippen molar-refractivity contribution in [2.24, 2.45) is 0 Å². The Morgan fingerprint density at radius 2 is 1.30 bits per heavy atom. The fraction of sp³-hybridized carbons (Fsp3) is 0.258. The first-order valence-corrected chi connectivity index (χ1v) is 15.0. The maximum atomic E-state index is 9.55. The number of nitrogens with zero attached hydrogens (tertiary/aromatic N) is 4. The highest BCUT2D eigenvalue weighted by molar-refractivity contribution is 7.19. The average Bonchev–Trinajstić information content (AvgIpc) is 3.47. The van der Waals surface area contributed by atoms with Crippen LogP contribution >= 0.6 is 11.3 Å². The largest absolute Gasteiger partial charge is 0.478 e. The fourth-order valence-corrected chi connectivity index (χ4v) is 4.94. The molecule has 0 spiro atoms. The number of fused-ring (bicyclic) bond motifs is 1. The van der Waals surface area contributed by atoms with E-state index < -0.39 is 23.9 Å². The molecule has 7 N–H and O–H groups in total. The fourth-order valence-electron chi connectivity index (χ4n) is 3.93. The lowest BCUT2D eigenvalue weighted by atomic mass is 10.1. The third kappa shape index (κ3) is 15.3. The van der Waals surface area contributed by atoms with Crippen molar-refractivity contribution in [3.63, 3.8) is 0 Å². The number of aliphatic carboxylic acids is 4. The summed E-state index contributed by atoms with van der Waals surface area (Å²) >= 11 is 1.87. The molecule has 0 saturated carbocycles. The molecule has 16 heteroatoms. The molecule has 1 aliphatic rings. The van der Waals surface area contributed by atoms with Gasteiger partial charge in [0, 0.05) is 72.6 Å². The van der Waals surface area contributed by atoms with E-state index in [-0.39, 0.29) is 0 Å². The molecule has 3 heterocycles. The Bertz CT molecular complexity index is 1450. The summed E-state index contributed by atoms with van der Waals surface area (Å²) in [6.45, 7) is 11.4. The lowest BCUT2D eigenvalue weighted by Gasteiger charge is -2.32. The maximum absolute atomic E-state index is 9.55. The number of carboxylic acid groups (broad SMARTS) is 4. The summed E-state index contributed by atoms with van der Waals surface area (Å²) in [5, 5.41) is 42.6. The molecule has 0 aliphatic carbocycles. The van der Waals surface area contributed by atoms with Gasteiger partial charge in [-0.3, -0.25) is 0 Å². The minimum Gasteiger partial charge on any atom is -0.478 e. The van der Waals surface area contributed by atoms with Crippen LogP contribution in [0.25, 0.3) is 10.1 Å². The summed E-state index contributed by atoms with van der Waals surface area (Å²) < 4.78 is 1.35. The van der Waals surface area contributed by atoms with Crippen LogP contribution in [-0.4, -0.2) is 91.5 Å². The van der Waals surface area contributed by atoms with Crippen LogP contribution in [0.2, 0.25) is 0 Å². The van der Waals surface area contributed by atoms with Gasteiger partial charge in [-0.1, -0.05) is 30.4 Å². The number of hydrogen-bond acceptors (Lipinski definition) is 12. The predicted molar refractivity (Wildman–Crippen MR) is 180 cm³/mol. The topological polar surface area (TPSA) is 227 Å². The van der Waals surface area contributed by atoms with Gasteiger partial charge in [0.25, 0.3) is 0 Å². The number of nitrogens with one attached hydrogen (secondary N) is 3. The molecule has 1 fully saturated rings. The maximum Gasteiger partial charge on any atom is 0.328 e. The molecule has 1 aromatic carbocycles. The van der Waals surface area contributed by atoms with Gasteiger partial charge in [-0.05, 0) is 30.4 Å². The quantitative estimate of drug-likeness (QED) is 0.0965. The van der Waals surface area contributed by atoms with Crippen molar-refractivity contribution in [1.29, 1.82) is 0 Å². The van der Waals surface area contributed by atoms with Crippen LogP contribution in [-0.2, 0) is 25.7 Å². The van der Waals surface area contributed by atoms with Gasteiger partial charge in [0.05, 0.1) is 0 Å². The van der Waals surface area contributed by atoms with Crippen molar-refractivity contribution < 1.29 is 39.6 Å². The van der Waals surface area contributed by atoms with Crippen LogP contribution < -0.4 is 20.9 Å². The number of carboxylic acids is 4. The van der Waals surface area contributed by atoms with E-state index in [1.165, 1.54) is 15.0 Å². The second-order valence-corrected chi connectivity index (χ2v) is 10.7. The Labute approximate surface area is 274 Å². The van der Waals surface area contributed by atoms with Crippen molar-refractivity contribution >= 4 is 63.1 Å². The number of aromatic nitrogens is 3. The van der Waals surface area contributed by atoms with Crippen LogP contribution in [0, 0.1) is 0 Å². The molecule has 0 amide bonds. The predicted octanol–water partition coefficient (Wildman–Crippen LogP) is 3.46. The number of anilines is 3. The van der Waals surface area contributed by atoms with Crippen molar-refractivity contribution in [3.05, 3.63) is 84.8 Å². The van der Waals surface area contributed by atoms with Crippen molar-refractivity contribution in [3.8, 4) is 0 Å². The SMILES string of the molecule is C=CCNc1nc(NCC=C)nc(N2CCC(NCc3cc4ccccc4s3)CC2)n1.O=C(O)/C=C/C(=O)O.O=C(O)/C=C/C(=O)O. The first kappa shape index (κ1) is 37.6. The summed E-state index contributed by atoms with van der Waals surface area (Å²) in [7, 11) is 0. The minimum atomic E-state index is -1.26. The van der Waals surface area contributed by atoms with Crippen LogP contribution in [0.15, 0.2) is 79.9 Å². The molecule has 15 nitrogen and oxygen atoms in total. The third-order valence-electron chi connectivity index (χ3n) is 5.99. The van der Waals surface area contributed by atoms with E-state index in [4.69, 9.17) is 20.4 Å². The number of thiophene rings is 1. The Balaban J connectivity index is 0.000000397. The summed E-state index contributed by atoms with van der Waals surface area (Å²) in [5.41, 5.74) is 0. The van der Waals surface area contributed by atoms with E-state index in [0.29, 0.717) is 61.3 Å². The molecule has 1 saturated heterocycles. The van der Waals surface area contributed by atoms with Gasteiger partial charge in [0.2, 0.25) is 17.8 Å². The van der Waals surface area contributed by atoms with Crippen molar-refractivity contribution in [1.82, 2.24) is 20.3 Å². The number of piperidine rings is 1. The minimum absolute atomic E-state index is 0.500. The number of benzene rings is 1. The zero-order chi connectivity index (χ0) is 34.6. The molecule has 0 bridgehead atoms. The van der Waals surface area contributed by atoms with Crippen molar-refractivity contribution in [2.45, 2.75) is 25.4 Å². The normalized spacial score (nSPS) is 12.8. The highest BCUT2D eigenvalue weighted by Gasteiger charge is 2.22. The van der Waals surface area contributed by atoms with Gasteiger partial charge >= 0.3 is 23.9 Å². The van der Waals surface area contributed by atoms with E-state index in [9.17, 15) is 19.2 Å². The molecular formula is C31H37N7O8S. The first-order valence-electron chi connectivity index (χ1n) is 14.2. The zero-order valence-corrected chi connectivity index (χ0v) is 26.2. The van der Waals surface area contributed by atoms with Crippen LogP contribution in [0.3, 0.4) is 0 Å². The summed E-state index contributed by atoms with van der Waals surface area (Å²) in [6.07, 6.45) is 7.92. The summed E-state index contributed by atoms with van der Waals surface area (Å²) in [5.74, 6) is -3.21. The number of rotatable bonds is 14. The second kappa shape index (κ2) is 20.4. The van der Waals surface area contributed by atoms with Crippen LogP contribution in [0.5, 0.6) is 0 Å². The first-order chi connectivity index (χ1) is 22.5. The molecule has 0 atom stereocenters. The van der Waals surface area contributed by atoms with E-state index >= 15 is 0 Å². The molecule has 2 aromatic heterocycles. The standard InChI is InChI=1S/C23H29N7S.2C4H4O4/c1-3-11-24-21-27-22(25-12-4-2)29-23(28-21)30-13-9-18(10-14-30)26-16-19-15-17-7-5-6-8-20(17)31-19;2*5-3(6)1-2-4(7)8/h3-8,15,18,26H,1-2,9-14,16H2,(H2,24,25,27,28,29);2*1-2H,(H,5,6)(H,7,8)/b;2*2-1+. The molecule has 47 heavy (non-hydrogen) atoms. The Morgan fingerprint density at radius 1 is 0.809 bits per heavy atom. The summed E-state index contributed by atoms with van der Waals surface area (Å²) in [4.78, 5) is 55.5. The van der Waals surface area contributed by atoms with E-state index in [1.807, 2.05) is 11.3 Å². The lowest BCUT2D eigenvalue weighted by molar-refractivity contribution is -0.134. The number of hydrogen-bond donors (Lipinski definition) is 7. The molecule has 4 rings (SSSR count). The van der Waals surface area contributed by atoms with Gasteiger partial charge in [-0.25, -0.2) is 19.2 Å². The summed E-state index contributed by atoms with van der Waals surface area (Å²) in [6, 6.07) is 11.4. The second-order valence-electron chi connectivity index (χ2n) is 9.53. The van der Waals surface area contributed by atoms with Gasteiger partial charge in [0.15, 0.2) is 0 Å². The Hall–Kier alpha value is -5.61. The van der Waals surface area contributed by atoms with Gasteiger partial charge < -0.3 is 41.3 Å². The molecular weight excluding hydrogens is 630 g/mol. The van der Waals surface area contributed by atoms with Crippen molar-refractivity contribution in [2.75, 3.05) is 41.7 Å². The van der Waals surface area contributed by atoms with E-state index in [1.54, 1.807) is 12.2 Å². The van der Waals surface area contributed by atoms with Crippen LogP contribution in [0.4, 0.5) is 17.8 Å².